The fraction of sp³-hybridized carbons (Fsp3) is 0.0714. The van der Waals surface area contributed by atoms with Crippen molar-refractivity contribution in [1.82, 2.24) is 15.0 Å². The molecule has 0 unspecified atom stereocenters. The maximum atomic E-state index is 12.9. The highest BCUT2D eigenvalue weighted by molar-refractivity contribution is 5.71. The van der Waals surface area contributed by atoms with E-state index >= 15 is 0 Å². The van der Waals surface area contributed by atoms with Gasteiger partial charge in [0.1, 0.15) is 11.3 Å². The van der Waals surface area contributed by atoms with Gasteiger partial charge in [-0.2, -0.15) is 4.39 Å². The molecular formula is C14H9FN4O. The highest BCUT2D eigenvalue weighted by atomic mass is 19.1. The Balaban J connectivity index is 1.90. The molecule has 3 aromatic heterocycles. The molecule has 0 aliphatic heterocycles. The number of aromatic nitrogens is 3. The minimum Gasteiger partial charge on any atom is -0.430 e. The maximum absolute atomic E-state index is 12.9. The molecule has 0 saturated carbocycles. The van der Waals surface area contributed by atoms with Crippen LogP contribution in [0.5, 0.6) is 0 Å². The van der Waals surface area contributed by atoms with Gasteiger partial charge in [0, 0.05) is 24.9 Å². The molecule has 1 N–H and O–H groups in total. The second kappa shape index (κ2) is 4.97. The molecule has 0 aliphatic carbocycles. The molecule has 0 fully saturated rings. The van der Waals surface area contributed by atoms with E-state index in [1.807, 2.05) is 12.1 Å². The Morgan fingerprint density at radius 3 is 2.85 bits per heavy atom. The summed E-state index contributed by atoms with van der Waals surface area (Å²) in [7, 11) is 1.79. The van der Waals surface area contributed by atoms with Gasteiger partial charge in [0.25, 0.3) is 5.89 Å². The quantitative estimate of drug-likeness (QED) is 0.541. The molecule has 6 heteroatoms. The SMILES string of the molecule is CNc1ccc(C#Cc2nc3cnc(F)cc3o2)cn1. The number of hydrogen-bond acceptors (Lipinski definition) is 5. The van der Waals surface area contributed by atoms with E-state index in [9.17, 15) is 4.39 Å². The monoisotopic (exact) mass is 268 g/mol. The summed E-state index contributed by atoms with van der Waals surface area (Å²) in [5, 5.41) is 2.92. The first-order valence-electron chi connectivity index (χ1n) is 5.82. The third-order valence-electron chi connectivity index (χ3n) is 2.57. The molecule has 0 spiro atoms. The van der Waals surface area contributed by atoms with Crippen molar-refractivity contribution >= 4 is 16.9 Å². The Morgan fingerprint density at radius 2 is 2.10 bits per heavy atom. The molecule has 0 atom stereocenters. The number of pyridine rings is 2. The normalized spacial score (nSPS) is 10.1. The van der Waals surface area contributed by atoms with Gasteiger partial charge in [-0.3, -0.25) is 0 Å². The van der Waals surface area contributed by atoms with E-state index in [1.165, 1.54) is 12.3 Å². The standard InChI is InChI=1S/C14H9FN4O/c1-16-13-4-2-9(7-18-13)3-5-14-19-10-8-17-12(15)6-11(10)20-14/h2,4,6-8H,1H3,(H,16,18). The van der Waals surface area contributed by atoms with Crippen LogP contribution in [-0.2, 0) is 0 Å². The van der Waals surface area contributed by atoms with Gasteiger partial charge in [-0.15, -0.1) is 0 Å². The lowest BCUT2D eigenvalue weighted by Crippen LogP contribution is -1.91. The molecule has 3 aromatic rings. The summed E-state index contributed by atoms with van der Waals surface area (Å²) in [6, 6.07) is 4.82. The average Bonchev–Trinajstić information content (AvgIpc) is 2.87. The minimum atomic E-state index is -0.611. The summed E-state index contributed by atoms with van der Waals surface area (Å²) < 4.78 is 18.2. The number of hydrogen-bond donors (Lipinski definition) is 1. The molecular weight excluding hydrogens is 259 g/mol. The molecule has 3 rings (SSSR count). The number of nitrogens with one attached hydrogen (secondary N) is 1. The molecule has 0 aromatic carbocycles. The van der Waals surface area contributed by atoms with E-state index in [2.05, 4.69) is 32.1 Å². The van der Waals surface area contributed by atoms with Crippen molar-refractivity contribution in [1.29, 1.82) is 0 Å². The minimum absolute atomic E-state index is 0.213. The lowest BCUT2D eigenvalue weighted by Gasteiger charge is -1.96. The lowest BCUT2D eigenvalue weighted by atomic mass is 10.3. The number of nitrogens with zero attached hydrogens (tertiary/aromatic N) is 3. The molecule has 0 amide bonds. The first-order chi connectivity index (χ1) is 9.74. The van der Waals surface area contributed by atoms with Crippen LogP contribution < -0.4 is 5.32 Å². The van der Waals surface area contributed by atoms with Gasteiger partial charge in [-0.1, -0.05) is 5.92 Å². The summed E-state index contributed by atoms with van der Waals surface area (Å²) >= 11 is 0. The summed E-state index contributed by atoms with van der Waals surface area (Å²) in [5.41, 5.74) is 1.53. The Labute approximate surface area is 113 Å². The molecule has 20 heavy (non-hydrogen) atoms. The molecule has 3 heterocycles. The summed E-state index contributed by atoms with van der Waals surface area (Å²) in [5.74, 6) is 6.01. The van der Waals surface area contributed by atoms with Crippen LogP contribution in [0.25, 0.3) is 11.1 Å². The Morgan fingerprint density at radius 1 is 1.20 bits per heavy atom. The highest BCUT2D eigenvalue weighted by Crippen LogP contribution is 2.14. The van der Waals surface area contributed by atoms with Gasteiger partial charge in [0.2, 0.25) is 5.95 Å². The summed E-state index contributed by atoms with van der Waals surface area (Å²) in [6.45, 7) is 0. The van der Waals surface area contributed by atoms with Gasteiger partial charge < -0.3 is 9.73 Å². The number of fused-ring (bicyclic) bond motifs is 1. The first-order valence-corrected chi connectivity index (χ1v) is 5.82. The van der Waals surface area contributed by atoms with Crippen LogP contribution in [0.3, 0.4) is 0 Å². The fourth-order valence-corrected chi connectivity index (χ4v) is 1.60. The fourth-order valence-electron chi connectivity index (χ4n) is 1.60. The van der Waals surface area contributed by atoms with E-state index < -0.39 is 5.95 Å². The van der Waals surface area contributed by atoms with Crippen LogP contribution in [0.1, 0.15) is 11.5 Å². The van der Waals surface area contributed by atoms with Gasteiger partial charge in [0.05, 0.1) is 6.20 Å². The van der Waals surface area contributed by atoms with Crippen molar-refractivity contribution in [3.8, 4) is 11.8 Å². The van der Waals surface area contributed by atoms with E-state index in [-0.39, 0.29) is 5.89 Å². The lowest BCUT2D eigenvalue weighted by molar-refractivity contribution is 0.564. The van der Waals surface area contributed by atoms with Crippen LogP contribution in [0.15, 0.2) is 35.0 Å². The van der Waals surface area contributed by atoms with Gasteiger partial charge in [-0.25, -0.2) is 15.0 Å². The van der Waals surface area contributed by atoms with Crippen LogP contribution in [-0.4, -0.2) is 22.0 Å². The van der Waals surface area contributed by atoms with Crippen LogP contribution in [0, 0.1) is 17.8 Å². The molecule has 0 aliphatic rings. The zero-order valence-electron chi connectivity index (χ0n) is 10.5. The second-order valence-electron chi connectivity index (χ2n) is 3.93. The van der Waals surface area contributed by atoms with Crippen molar-refractivity contribution in [2.45, 2.75) is 0 Å². The van der Waals surface area contributed by atoms with Gasteiger partial charge in [0.15, 0.2) is 5.58 Å². The topological polar surface area (TPSA) is 63.8 Å². The van der Waals surface area contributed by atoms with E-state index in [0.29, 0.717) is 11.1 Å². The van der Waals surface area contributed by atoms with Gasteiger partial charge in [-0.05, 0) is 18.1 Å². The maximum Gasteiger partial charge on any atom is 0.274 e. The van der Waals surface area contributed by atoms with Crippen LogP contribution in [0.2, 0.25) is 0 Å². The zero-order valence-corrected chi connectivity index (χ0v) is 10.5. The molecule has 0 saturated heterocycles. The predicted octanol–water partition coefficient (Wildman–Crippen LogP) is 2.20. The second-order valence-corrected chi connectivity index (χ2v) is 3.93. The van der Waals surface area contributed by atoms with Crippen molar-refractivity contribution in [2.24, 2.45) is 0 Å². The summed E-state index contributed by atoms with van der Waals surface area (Å²) in [4.78, 5) is 11.7. The van der Waals surface area contributed by atoms with E-state index in [1.54, 1.807) is 13.2 Å². The van der Waals surface area contributed by atoms with Crippen molar-refractivity contribution in [3.63, 3.8) is 0 Å². The van der Waals surface area contributed by atoms with Crippen LogP contribution in [0.4, 0.5) is 10.2 Å². The zero-order chi connectivity index (χ0) is 13.9. The van der Waals surface area contributed by atoms with E-state index in [0.717, 1.165) is 11.4 Å². The predicted molar refractivity (Wildman–Crippen MR) is 71.5 cm³/mol. The highest BCUT2D eigenvalue weighted by Gasteiger charge is 2.05. The number of halogens is 1. The van der Waals surface area contributed by atoms with Crippen LogP contribution >= 0.6 is 0 Å². The Hall–Kier alpha value is -2.94. The molecule has 0 radical (unpaired) electrons. The molecule has 0 bridgehead atoms. The third kappa shape index (κ3) is 2.42. The largest absolute Gasteiger partial charge is 0.430 e. The summed E-state index contributed by atoms with van der Waals surface area (Å²) in [6.07, 6.45) is 2.95. The third-order valence-corrected chi connectivity index (χ3v) is 2.57. The number of oxazole rings is 1. The molecule has 5 nitrogen and oxygen atoms in total. The average molecular weight is 268 g/mol. The Bertz CT molecular complexity index is 815. The number of anilines is 1. The molecule has 98 valence electrons. The van der Waals surface area contributed by atoms with E-state index in [4.69, 9.17) is 4.42 Å². The van der Waals surface area contributed by atoms with Crippen molar-refractivity contribution in [2.75, 3.05) is 12.4 Å². The van der Waals surface area contributed by atoms with Gasteiger partial charge >= 0.3 is 0 Å². The van der Waals surface area contributed by atoms with Crippen molar-refractivity contribution < 1.29 is 8.81 Å². The number of rotatable bonds is 1. The Kier molecular flexibility index (Phi) is 3.01. The van der Waals surface area contributed by atoms with Crippen molar-refractivity contribution in [3.05, 3.63) is 48.0 Å². The smallest absolute Gasteiger partial charge is 0.274 e. The first kappa shape index (κ1) is 12.1.